The Balaban J connectivity index is 2.12. The molecular weight excluding hydrogens is 299 g/mol. The summed E-state index contributed by atoms with van der Waals surface area (Å²) in [5.74, 6) is 1.07. The van der Waals surface area contributed by atoms with Gasteiger partial charge in [-0.05, 0) is 31.5 Å². The maximum absolute atomic E-state index is 5.99. The molecule has 0 amide bonds. The predicted octanol–water partition coefficient (Wildman–Crippen LogP) is 3.58. The van der Waals surface area contributed by atoms with Crippen molar-refractivity contribution in [1.29, 1.82) is 0 Å². The second kappa shape index (κ2) is 6.72. The molecule has 5 nitrogen and oxygen atoms in total. The maximum Gasteiger partial charge on any atom is 0.224 e. The van der Waals surface area contributed by atoms with Crippen LogP contribution in [0.2, 0.25) is 10.3 Å². The Morgan fingerprint density at radius 3 is 2.85 bits per heavy atom. The molecular formula is C13H14Cl2N4O. The van der Waals surface area contributed by atoms with Crippen LogP contribution in [0.1, 0.15) is 19.4 Å². The minimum atomic E-state index is 0.0562. The van der Waals surface area contributed by atoms with Gasteiger partial charge in [-0.3, -0.25) is 0 Å². The Kier molecular flexibility index (Phi) is 4.98. The Morgan fingerprint density at radius 1 is 1.30 bits per heavy atom. The summed E-state index contributed by atoms with van der Waals surface area (Å²) in [7, 11) is 0. The minimum Gasteiger partial charge on any atom is -0.475 e. The lowest BCUT2D eigenvalue weighted by Crippen LogP contribution is -2.11. The van der Waals surface area contributed by atoms with E-state index in [9.17, 15) is 0 Å². The zero-order valence-electron chi connectivity index (χ0n) is 11.1. The van der Waals surface area contributed by atoms with Gasteiger partial charge in [-0.25, -0.2) is 9.97 Å². The zero-order valence-corrected chi connectivity index (χ0v) is 12.6. The van der Waals surface area contributed by atoms with Gasteiger partial charge in [-0.2, -0.15) is 4.98 Å². The van der Waals surface area contributed by atoms with E-state index in [2.05, 4.69) is 20.3 Å². The smallest absolute Gasteiger partial charge is 0.224 e. The van der Waals surface area contributed by atoms with E-state index in [4.69, 9.17) is 27.9 Å². The number of nitrogens with zero attached hydrogens (tertiary/aromatic N) is 3. The lowest BCUT2D eigenvalue weighted by molar-refractivity contribution is 0.230. The van der Waals surface area contributed by atoms with Crippen LogP contribution in [0, 0.1) is 0 Å². The number of pyridine rings is 1. The standard InChI is InChI=1S/C13H14Cl2N4O/c1-8(2)20-12-9(4-3-5-16-12)6-17-11-10(14)7-18-13(15)19-11/h3-5,7-8H,6H2,1-2H3,(H,17,18,19). The van der Waals surface area contributed by atoms with Crippen molar-refractivity contribution in [3.63, 3.8) is 0 Å². The average Bonchev–Trinajstić information content (AvgIpc) is 2.41. The third-order valence-electron chi connectivity index (χ3n) is 2.36. The molecule has 2 aromatic rings. The third kappa shape index (κ3) is 3.95. The van der Waals surface area contributed by atoms with Crippen molar-refractivity contribution in [2.24, 2.45) is 0 Å². The monoisotopic (exact) mass is 312 g/mol. The highest BCUT2D eigenvalue weighted by molar-refractivity contribution is 6.33. The van der Waals surface area contributed by atoms with Crippen LogP contribution in [0.5, 0.6) is 5.88 Å². The summed E-state index contributed by atoms with van der Waals surface area (Å²) in [6, 6.07) is 3.77. The van der Waals surface area contributed by atoms with Gasteiger partial charge in [-0.15, -0.1) is 0 Å². The number of anilines is 1. The first-order valence-electron chi connectivity index (χ1n) is 6.08. The molecule has 2 aromatic heterocycles. The first kappa shape index (κ1) is 14.8. The molecule has 2 rings (SSSR count). The summed E-state index contributed by atoms with van der Waals surface area (Å²) in [6.45, 7) is 4.38. The van der Waals surface area contributed by atoms with Crippen molar-refractivity contribution < 1.29 is 4.74 Å². The van der Waals surface area contributed by atoms with Gasteiger partial charge in [0.25, 0.3) is 0 Å². The number of halogens is 2. The van der Waals surface area contributed by atoms with Crippen LogP contribution in [0.3, 0.4) is 0 Å². The fourth-order valence-corrected chi connectivity index (χ4v) is 1.83. The minimum absolute atomic E-state index is 0.0562. The van der Waals surface area contributed by atoms with E-state index in [-0.39, 0.29) is 11.4 Å². The second-order valence-corrected chi connectivity index (χ2v) is 5.07. The molecule has 0 saturated heterocycles. The van der Waals surface area contributed by atoms with E-state index in [0.717, 1.165) is 5.56 Å². The number of hydrogen-bond acceptors (Lipinski definition) is 5. The van der Waals surface area contributed by atoms with Crippen molar-refractivity contribution in [2.75, 3.05) is 5.32 Å². The molecule has 1 N–H and O–H groups in total. The number of nitrogens with one attached hydrogen (secondary N) is 1. The van der Waals surface area contributed by atoms with E-state index in [1.54, 1.807) is 6.20 Å². The molecule has 0 bridgehead atoms. The summed E-state index contributed by atoms with van der Waals surface area (Å²) in [6.07, 6.45) is 3.20. The van der Waals surface area contributed by atoms with Gasteiger partial charge in [0, 0.05) is 18.3 Å². The highest BCUT2D eigenvalue weighted by Gasteiger charge is 2.09. The molecule has 0 fully saturated rings. The molecule has 0 saturated carbocycles. The zero-order chi connectivity index (χ0) is 14.5. The lowest BCUT2D eigenvalue weighted by atomic mass is 10.2. The van der Waals surface area contributed by atoms with Crippen LogP contribution >= 0.6 is 23.2 Å². The first-order valence-corrected chi connectivity index (χ1v) is 6.84. The van der Waals surface area contributed by atoms with Gasteiger partial charge in [0.2, 0.25) is 11.2 Å². The van der Waals surface area contributed by atoms with Crippen molar-refractivity contribution in [1.82, 2.24) is 15.0 Å². The van der Waals surface area contributed by atoms with Gasteiger partial charge in [0.15, 0.2) is 0 Å². The van der Waals surface area contributed by atoms with Crippen molar-refractivity contribution in [3.05, 3.63) is 40.4 Å². The molecule has 0 aliphatic rings. The van der Waals surface area contributed by atoms with Gasteiger partial charge in [-0.1, -0.05) is 17.7 Å². The summed E-state index contributed by atoms with van der Waals surface area (Å²) in [5.41, 5.74) is 0.909. The summed E-state index contributed by atoms with van der Waals surface area (Å²) < 4.78 is 5.64. The van der Waals surface area contributed by atoms with E-state index in [1.807, 2.05) is 26.0 Å². The molecule has 0 aliphatic carbocycles. The normalized spacial score (nSPS) is 10.7. The van der Waals surface area contributed by atoms with Crippen LogP contribution < -0.4 is 10.1 Å². The van der Waals surface area contributed by atoms with E-state index in [0.29, 0.717) is 23.3 Å². The molecule has 0 aromatic carbocycles. The summed E-state index contributed by atoms with van der Waals surface area (Å²) in [4.78, 5) is 12.0. The quantitative estimate of drug-likeness (QED) is 0.855. The van der Waals surface area contributed by atoms with E-state index >= 15 is 0 Å². The Morgan fingerprint density at radius 2 is 2.10 bits per heavy atom. The van der Waals surface area contributed by atoms with Crippen LogP contribution in [0.4, 0.5) is 5.82 Å². The van der Waals surface area contributed by atoms with Crippen LogP contribution in [-0.2, 0) is 6.54 Å². The molecule has 0 unspecified atom stereocenters. The molecule has 7 heteroatoms. The average molecular weight is 313 g/mol. The second-order valence-electron chi connectivity index (χ2n) is 4.32. The fourth-order valence-electron chi connectivity index (χ4n) is 1.54. The highest BCUT2D eigenvalue weighted by atomic mass is 35.5. The summed E-state index contributed by atoms with van der Waals surface area (Å²) in [5, 5.41) is 3.64. The van der Waals surface area contributed by atoms with Gasteiger partial charge < -0.3 is 10.1 Å². The number of hydrogen-bond donors (Lipinski definition) is 1. The number of aromatic nitrogens is 3. The van der Waals surface area contributed by atoms with Gasteiger partial charge >= 0.3 is 0 Å². The van der Waals surface area contributed by atoms with E-state index < -0.39 is 0 Å². The molecule has 106 valence electrons. The van der Waals surface area contributed by atoms with Crippen LogP contribution in [-0.4, -0.2) is 21.1 Å². The van der Waals surface area contributed by atoms with Crippen LogP contribution in [0.15, 0.2) is 24.5 Å². The number of rotatable bonds is 5. The topological polar surface area (TPSA) is 59.9 Å². The Hall–Kier alpha value is -1.59. The lowest BCUT2D eigenvalue weighted by Gasteiger charge is -2.13. The van der Waals surface area contributed by atoms with Gasteiger partial charge in [0.1, 0.15) is 10.8 Å². The van der Waals surface area contributed by atoms with E-state index in [1.165, 1.54) is 6.20 Å². The predicted molar refractivity (Wildman–Crippen MR) is 79.4 cm³/mol. The third-order valence-corrected chi connectivity index (χ3v) is 2.82. The van der Waals surface area contributed by atoms with Crippen LogP contribution in [0.25, 0.3) is 0 Å². The van der Waals surface area contributed by atoms with Crippen molar-refractivity contribution in [2.45, 2.75) is 26.5 Å². The fraction of sp³-hybridized carbons (Fsp3) is 0.308. The maximum atomic E-state index is 5.99. The van der Waals surface area contributed by atoms with Crippen molar-refractivity contribution in [3.8, 4) is 5.88 Å². The molecule has 0 radical (unpaired) electrons. The molecule has 0 aliphatic heterocycles. The highest BCUT2D eigenvalue weighted by Crippen LogP contribution is 2.22. The summed E-state index contributed by atoms with van der Waals surface area (Å²) >= 11 is 11.7. The molecule has 0 atom stereocenters. The van der Waals surface area contributed by atoms with Crippen molar-refractivity contribution >= 4 is 29.0 Å². The number of ether oxygens (including phenoxy) is 1. The molecule has 20 heavy (non-hydrogen) atoms. The van der Waals surface area contributed by atoms with Gasteiger partial charge in [0.05, 0.1) is 12.3 Å². The SMILES string of the molecule is CC(C)Oc1ncccc1CNc1nc(Cl)ncc1Cl. The largest absolute Gasteiger partial charge is 0.475 e. The Bertz CT molecular complexity index is 592. The first-order chi connectivity index (χ1) is 9.56. The Labute approximate surface area is 127 Å². The molecule has 2 heterocycles. The molecule has 0 spiro atoms.